The minimum absolute atomic E-state index is 0.0558. The first kappa shape index (κ1) is 14.7. The highest BCUT2D eigenvalue weighted by atomic mass is 31.1. The lowest BCUT2D eigenvalue weighted by Crippen LogP contribution is -2.24. The molecule has 1 aromatic rings. The van der Waals surface area contributed by atoms with Gasteiger partial charge in [0.1, 0.15) is 6.61 Å². The van der Waals surface area contributed by atoms with E-state index < -0.39 is 0 Å². The third-order valence-corrected chi connectivity index (χ3v) is 8.99. The Labute approximate surface area is 135 Å². The average molecular weight is 315 g/mol. The van der Waals surface area contributed by atoms with E-state index >= 15 is 0 Å². The average Bonchev–Trinajstić information content (AvgIpc) is 3.32. The van der Waals surface area contributed by atoms with E-state index in [-0.39, 0.29) is 7.92 Å². The van der Waals surface area contributed by atoms with Crippen LogP contribution in [0.4, 0.5) is 0 Å². The third-order valence-electron chi connectivity index (χ3n) is 5.43. The first-order valence-electron chi connectivity index (χ1n) is 8.98. The maximum atomic E-state index is 5.82. The Balaban J connectivity index is 1.72. The van der Waals surface area contributed by atoms with Crippen LogP contribution in [0, 0.1) is 0 Å². The molecule has 0 atom stereocenters. The second kappa shape index (κ2) is 6.71. The van der Waals surface area contributed by atoms with Crippen LogP contribution in [0.2, 0.25) is 0 Å². The second-order valence-corrected chi connectivity index (χ2v) is 9.59. The number of hydrogen-bond donors (Lipinski definition) is 0. The van der Waals surface area contributed by atoms with Crippen molar-refractivity contribution in [2.75, 3.05) is 13.2 Å². The Hall–Kier alpha value is -0.880. The van der Waals surface area contributed by atoms with Gasteiger partial charge in [-0.3, -0.25) is 0 Å². The Kier molecular flexibility index (Phi) is 4.48. The summed E-state index contributed by atoms with van der Waals surface area (Å²) >= 11 is 0. The number of hydrogen-bond acceptors (Lipinski definition) is 2. The summed E-state index contributed by atoms with van der Waals surface area (Å²) in [5, 5.41) is 1.59. The fourth-order valence-corrected chi connectivity index (χ4v) is 8.37. The molecule has 1 aliphatic heterocycles. The van der Waals surface area contributed by atoms with Crippen molar-refractivity contribution in [1.82, 2.24) is 0 Å². The lowest BCUT2D eigenvalue weighted by Gasteiger charge is -2.32. The lowest BCUT2D eigenvalue weighted by molar-refractivity contribution is 0.348. The van der Waals surface area contributed by atoms with Crippen molar-refractivity contribution in [2.24, 2.45) is 4.99 Å². The molecule has 2 fully saturated rings. The molecule has 22 heavy (non-hydrogen) atoms. The van der Waals surface area contributed by atoms with Crippen LogP contribution >= 0.6 is 7.92 Å². The topological polar surface area (TPSA) is 21.6 Å². The number of rotatable bonds is 4. The van der Waals surface area contributed by atoms with Crippen LogP contribution in [0.3, 0.4) is 0 Å². The largest absolute Gasteiger partial charge is 0.475 e. The first-order chi connectivity index (χ1) is 10.9. The molecular formula is C19H26NOP. The van der Waals surface area contributed by atoms with Gasteiger partial charge in [0.05, 0.1) is 6.54 Å². The summed E-state index contributed by atoms with van der Waals surface area (Å²) < 4.78 is 5.82. The summed E-state index contributed by atoms with van der Waals surface area (Å²) in [4.78, 5) is 4.61. The van der Waals surface area contributed by atoms with Gasteiger partial charge < -0.3 is 4.74 Å². The molecule has 0 saturated heterocycles. The van der Waals surface area contributed by atoms with Crippen LogP contribution in [-0.4, -0.2) is 30.4 Å². The highest BCUT2D eigenvalue weighted by Gasteiger charge is 2.35. The summed E-state index contributed by atoms with van der Waals surface area (Å²) in [6.45, 7) is 1.59. The quantitative estimate of drug-likeness (QED) is 0.752. The van der Waals surface area contributed by atoms with Crippen molar-refractivity contribution in [3.63, 3.8) is 0 Å². The SMILES string of the molecule is c1ccc(P(C2CCCC2)C2CCCC2)c(C2=NCCO2)c1. The number of aliphatic imine (C=N–C) groups is 1. The lowest BCUT2D eigenvalue weighted by atomic mass is 10.2. The third kappa shape index (κ3) is 2.83. The van der Waals surface area contributed by atoms with Crippen molar-refractivity contribution in [2.45, 2.75) is 62.7 Å². The van der Waals surface area contributed by atoms with E-state index in [1.165, 1.54) is 56.9 Å². The van der Waals surface area contributed by atoms with E-state index in [2.05, 4.69) is 29.3 Å². The fourth-order valence-electron chi connectivity index (χ4n) is 4.43. The Morgan fingerprint density at radius 3 is 2.14 bits per heavy atom. The predicted octanol–water partition coefficient (Wildman–Crippen LogP) is 4.46. The van der Waals surface area contributed by atoms with Crippen LogP contribution in [0.1, 0.15) is 56.9 Å². The molecule has 0 bridgehead atoms. The Morgan fingerprint density at radius 2 is 1.55 bits per heavy atom. The smallest absolute Gasteiger partial charge is 0.216 e. The van der Waals surface area contributed by atoms with Gasteiger partial charge in [-0.05, 0) is 48.4 Å². The highest BCUT2D eigenvalue weighted by molar-refractivity contribution is 7.67. The van der Waals surface area contributed by atoms with Gasteiger partial charge in [-0.25, -0.2) is 4.99 Å². The van der Waals surface area contributed by atoms with Crippen molar-refractivity contribution in [3.05, 3.63) is 29.8 Å². The molecule has 0 unspecified atom stereocenters. The van der Waals surface area contributed by atoms with E-state index in [0.717, 1.165) is 30.4 Å². The van der Waals surface area contributed by atoms with E-state index in [9.17, 15) is 0 Å². The van der Waals surface area contributed by atoms with Crippen LogP contribution in [0.15, 0.2) is 29.3 Å². The minimum atomic E-state index is -0.0558. The molecule has 1 heterocycles. The predicted molar refractivity (Wildman–Crippen MR) is 94.9 cm³/mol. The molecule has 118 valence electrons. The molecule has 2 nitrogen and oxygen atoms in total. The van der Waals surface area contributed by atoms with Crippen molar-refractivity contribution in [3.8, 4) is 0 Å². The van der Waals surface area contributed by atoms with Crippen molar-refractivity contribution >= 4 is 19.1 Å². The minimum Gasteiger partial charge on any atom is -0.475 e. The van der Waals surface area contributed by atoms with Gasteiger partial charge in [0.2, 0.25) is 5.90 Å². The van der Waals surface area contributed by atoms with E-state index in [1.54, 1.807) is 5.30 Å². The molecule has 2 saturated carbocycles. The summed E-state index contributed by atoms with van der Waals surface area (Å²) in [7, 11) is -0.0558. The zero-order valence-electron chi connectivity index (χ0n) is 13.3. The number of benzene rings is 1. The van der Waals surface area contributed by atoms with Crippen LogP contribution in [0.5, 0.6) is 0 Å². The molecule has 0 radical (unpaired) electrons. The molecular weight excluding hydrogens is 289 g/mol. The van der Waals surface area contributed by atoms with Crippen LogP contribution < -0.4 is 5.30 Å². The van der Waals surface area contributed by atoms with Crippen molar-refractivity contribution in [1.29, 1.82) is 0 Å². The number of nitrogens with zero attached hydrogens (tertiary/aromatic N) is 1. The highest BCUT2D eigenvalue weighted by Crippen LogP contribution is 2.56. The molecule has 3 heteroatoms. The zero-order chi connectivity index (χ0) is 14.8. The molecule has 1 aromatic carbocycles. The Morgan fingerprint density at radius 1 is 0.909 bits per heavy atom. The van der Waals surface area contributed by atoms with E-state index in [0.29, 0.717) is 0 Å². The summed E-state index contributed by atoms with van der Waals surface area (Å²) in [6, 6.07) is 9.02. The molecule has 0 aromatic heterocycles. The standard InChI is InChI=1S/C19H26NOP/c1-2-8-15(7-1)22(16-9-3-4-10-16)18-12-6-5-11-17(18)19-20-13-14-21-19/h5-6,11-12,15-16H,1-4,7-10,13-14H2. The molecule has 2 aliphatic carbocycles. The van der Waals surface area contributed by atoms with Gasteiger partial charge in [-0.15, -0.1) is 0 Å². The summed E-state index contributed by atoms with van der Waals surface area (Å²) in [6.07, 6.45) is 11.6. The molecule has 3 aliphatic rings. The monoisotopic (exact) mass is 315 g/mol. The van der Waals surface area contributed by atoms with Crippen LogP contribution in [0.25, 0.3) is 0 Å². The van der Waals surface area contributed by atoms with Gasteiger partial charge >= 0.3 is 0 Å². The fraction of sp³-hybridized carbons (Fsp3) is 0.632. The zero-order valence-corrected chi connectivity index (χ0v) is 14.2. The maximum absolute atomic E-state index is 5.82. The van der Waals surface area contributed by atoms with E-state index in [4.69, 9.17) is 4.74 Å². The second-order valence-electron chi connectivity index (χ2n) is 6.84. The van der Waals surface area contributed by atoms with E-state index in [1.807, 2.05) is 0 Å². The molecule has 0 amide bonds. The van der Waals surface area contributed by atoms with Gasteiger partial charge in [0, 0.05) is 5.56 Å². The summed E-state index contributed by atoms with van der Waals surface area (Å²) in [5.41, 5.74) is 3.20. The van der Waals surface area contributed by atoms with Gasteiger partial charge in [-0.2, -0.15) is 0 Å². The van der Waals surface area contributed by atoms with Crippen molar-refractivity contribution < 1.29 is 4.74 Å². The van der Waals surface area contributed by atoms with Crippen LogP contribution in [-0.2, 0) is 4.74 Å². The normalized spacial score (nSPS) is 23.2. The van der Waals surface area contributed by atoms with Gasteiger partial charge in [-0.1, -0.05) is 51.8 Å². The van der Waals surface area contributed by atoms with Gasteiger partial charge in [0.25, 0.3) is 0 Å². The Bertz CT molecular complexity index is 528. The molecule has 0 N–H and O–H groups in total. The molecule has 0 spiro atoms. The molecule has 4 rings (SSSR count). The maximum Gasteiger partial charge on any atom is 0.216 e. The number of ether oxygens (including phenoxy) is 1. The summed E-state index contributed by atoms with van der Waals surface area (Å²) in [5.74, 6) is 0.916. The first-order valence-corrected chi connectivity index (χ1v) is 10.5. The van der Waals surface area contributed by atoms with Gasteiger partial charge in [0.15, 0.2) is 0 Å².